The third-order valence-corrected chi connectivity index (χ3v) is 7.00. The van der Waals surface area contributed by atoms with E-state index in [9.17, 15) is 24.9 Å². The Morgan fingerprint density at radius 1 is 1.29 bits per heavy atom. The zero-order valence-electron chi connectivity index (χ0n) is 18.4. The Morgan fingerprint density at radius 2 is 1.94 bits per heavy atom. The van der Waals surface area contributed by atoms with Crippen LogP contribution in [0.5, 0.6) is 0 Å². The van der Waals surface area contributed by atoms with E-state index >= 15 is 0 Å². The van der Waals surface area contributed by atoms with Gasteiger partial charge in [0.25, 0.3) is 5.91 Å². The molecule has 1 heterocycles. The van der Waals surface area contributed by atoms with Crippen LogP contribution in [0, 0.1) is 23.7 Å². The van der Waals surface area contributed by atoms with Crippen molar-refractivity contribution in [1.82, 2.24) is 5.32 Å². The van der Waals surface area contributed by atoms with Crippen LogP contribution >= 0.6 is 0 Å². The van der Waals surface area contributed by atoms with E-state index in [0.29, 0.717) is 18.4 Å². The fourth-order valence-electron chi connectivity index (χ4n) is 5.16. The summed E-state index contributed by atoms with van der Waals surface area (Å²) in [7, 11) is 0. The van der Waals surface area contributed by atoms with Crippen molar-refractivity contribution < 1.29 is 24.9 Å². The number of nitrogens with one attached hydrogen (secondary N) is 1. The van der Waals surface area contributed by atoms with Gasteiger partial charge in [0.2, 0.25) is 0 Å². The molecule has 31 heavy (non-hydrogen) atoms. The van der Waals surface area contributed by atoms with Gasteiger partial charge in [0.15, 0.2) is 11.4 Å². The van der Waals surface area contributed by atoms with Crippen LogP contribution in [0.2, 0.25) is 0 Å². The lowest BCUT2D eigenvalue weighted by Crippen LogP contribution is -2.59. The molecule has 1 aliphatic heterocycles. The molecule has 1 aliphatic carbocycles. The predicted molar refractivity (Wildman–Crippen MR) is 118 cm³/mol. The van der Waals surface area contributed by atoms with Gasteiger partial charge in [-0.15, -0.1) is 0 Å². The van der Waals surface area contributed by atoms with Crippen LogP contribution < -0.4 is 5.32 Å². The summed E-state index contributed by atoms with van der Waals surface area (Å²) < 4.78 is 0. The van der Waals surface area contributed by atoms with Gasteiger partial charge in [-0.3, -0.25) is 9.59 Å². The number of rotatable bonds is 7. The molecule has 168 valence electrons. The molecule has 1 aromatic carbocycles. The number of ketones is 1. The van der Waals surface area contributed by atoms with E-state index in [1.165, 1.54) is 6.92 Å². The number of aliphatic hydroxyl groups excluding tert-OH is 2. The average molecular weight is 428 g/mol. The van der Waals surface area contributed by atoms with E-state index in [0.717, 1.165) is 5.56 Å². The first-order chi connectivity index (χ1) is 14.6. The van der Waals surface area contributed by atoms with Crippen LogP contribution in [-0.4, -0.2) is 50.9 Å². The average Bonchev–Trinajstić information content (AvgIpc) is 2.99. The van der Waals surface area contributed by atoms with Crippen LogP contribution in [0.3, 0.4) is 0 Å². The molecule has 1 amide bonds. The van der Waals surface area contributed by atoms with Crippen LogP contribution in [0.1, 0.15) is 32.8 Å². The van der Waals surface area contributed by atoms with E-state index < -0.39 is 41.5 Å². The number of Topliss-reactive ketones (excluding diaryl/α,β-unsaturated/α-hetero) is 1. The minimum Gasteiger partial charge on any atom is -0.388 e. The number of carbonyl (C=O) groups is 2. The number of allylic oxidation sites excluding steroid dienone is 1. The summed E-state index contributed by atoms with van der Waals surface area (Å²) in [5.41, 5.74) is -0.126. The first kappa shape index (κ1) is 23.4. The van der Waals surface area contributed by atoms with Gasteiger partial charge in [-0.2, -0.15) is 0 Å². The highest BCUT2D eigenvalue weighted by atomic mass is 16.3. The minimum atomic E-state index is -1.77. The topological polar surface area (TPSA) is 107 Å². The summed E-state index contributed by atoms with van der Waals surface area (Å²) in [5.74, 6) is -2.73. The Hall–Kier alpha value is -2.28. The third-order valence-electron chi connectivity index (χ3n) is 7.00. The molecule has 2 fully saturated rings. The number of fused-ring (bicyclic) bond motifs is 1. The molecule has 6 heteroatoms. The van der Waals surface area contributed by atoms with E-state index in [1.54, 1.807) is 19.1 Å². The molecule has 4 N–H and O–H groups in total. The van der Waals surface area contributed by atoms with Crippen molar-refractivity contribution in [2.45, 2.75) is 57.5 Å². The summed E-state index contributed by atoms with van der Waals surface area (Å²) in [5, 5.41) is 34.9. The Kier molecular flexibility index (Phi) is 6.84. The van der Waals surface area contributed by atoms with Crippen molar-refractivity contribution in [2.24, 2.45) is 23.7 Å². The lowest BCUT2D eigenvalue weighted by molar-refractivity contribution is -0.154. The molecule has 1 saturated heterocycles. The first-order valence-corrected chi connectivity index (χ1v) is 10.9. The summed E-state index contributed by atoms with van der Waals surface area (Å²) in [6.45, 7) is 9.10. The quantitative estimate of drug-likeness (QED) is 0.497. The Labute approximate surface area is 183 Å². The molecule has 1 saturated carbocycles. The van der Waals surface area contributed by atoms with Gasteiger partial charge in [0, 0.05) is 23.8 Å². The molecule has 3 rings (SSSR count). The lowest BCUT2D eigenvalue weighted by Gasteiger charge is -2.47. The standard InChI is InChI=1S/C25H33NO5/c1-14(22(28)17(4)27)9-8-12-19-23(29)16(3)15(2)21-20(26-24(30)25(19,21)31)13-18-10-6-5-7-11-18/h5-8,10-12,14-15,17,19-21,23,27,29,31H,3,9,13H2,1-2,4H3,(H,26,30)/b12-8+/t14-,15+,17-,19-,20-,21-,23+,25+/m0/s1. The summed E-state index contributed by atoms with van der Waals surface area (Å²) in [6.07, 6.45) is 2.13. The highest BCUT2D eigenvalue weighted by molar-refractivity contribution is 5.90. The van der Waals surface area contributed by atoms with Gasteiger partial charge in [-0.05, 0) is 36.8 Å². The van der Waals surface area contributed by atoms with E-state index in [1.807, 2.05) is 37.3 Å². The van der Waals surface area contributed by atoms with Crippen molar-refractivity contribution in [3.8, 4) is 0 Å². The summed E-state index contributed by atoms with van der Waals surface area (Å²) in [6, 6.07) is 9.49. The maximum atomic E-state index is 13.0. The maximum Gasteiger partial charge on any atom is 0.253 e. The second-order valence-electron chi connectivity index (χ2n) is 9.10. The van der Waals surface area contributed by atoms with Crippen LogP contribution in [0.25, 0.3) is 0 Å². The molecule has 0 bridgehead atoms. The Balaban J connectivity index is 1.87. The van der Waals surface area contributed by atoms with Gasteiger partial charge in [0.1, 0.15) is 6.10 Å². The van der Waals surface area contributed by atoms with Crippen molar-refractivity contribution in [3.63, 3.8) is 0 Å². The van der Waals surface area contributed by atoms with Crippen molar-refractivity contribution >= 4 is 11.7 Å². The number of aliphatic hydroxyl groups is 3. The van der Waals surface area contributed by atoms with Crippen LogP contribution in [0.4, 0.5) is 0 Å². The number of hydrogen-bond donors (Lipinski definition) is 4. The fourth-order valence-corrected chi connectivity index (χ4v) is 5.16. The monoisotopic (exact) mass is 427 g/mol. The second-order valence-corrected chi connectivity index (χ2v) is 9.10. The number of amides is 1. The minimum absolute atomic E-state index is 0.256. The van der Waals surface area contributed by atoms with Gasteiger partial charge in [-0.25, -0.2) is 0 Å². The molecule has 0 spiro atoms. The predicted octanol–water partition coefficient (Wildman–Crippen LogP) is 1.79. The van der Waals surface area contributed by atoms with Crippen molar-refractivity contribution in [2.75, 3.05) is 0 Å². The third kappa shape index (κ3) is 4.25. The molecule has 1 aromatic rings. The van der Waals surface area contributed by atoms with Gasteiger partial charge >= 0.3 is 0 Å². The normalized spacial score (nSPS) is 35.0. The molecule has 2 aliphatic rings. The number of benzene rings is 1. The molecule has 0 radical (unpaired) electrons. The van der Waals surface area contributed by atoms with Gasteiger partial charge in [-0.1, -0.05) is 62.9 Å². The first-order valence-electron chi connectivity index (χ1n) is 10.9. The van der Waals surface area contributed by atoms with Crippen molar-refractivity contribution in [3.05, 3.63) is 60.2 Å². The SMILES string of the molecule is C=C1[C@@H](C)[C@H]2[C@H](Cc3ccccc3)NC(=O)[C@@]2(O)[C@@H](/C=C/C[C@H](C)C(=O)[C@H](C)O)[C@@H]1O. The van der Waals surface area contributed by atoms with Gasteiger partial charge < -0.3 is 20.6 Å². The smallest absolute Gasteiger partial charge is 0.253 e. The largest absolute Gasteiger partial charge is 0.388 e. The maximum absolute atomic E-state index is 13.0. The van der Waals surface area contributed by atoms with E-state index in [2.05, 4.69) is 11.9 Å². The Morgan fingerprint density at radius 3 is 2.55 bits per heavy atom. The Bertz CT molecular complexity index is 864. The molecular weight excluding hydrogens is 394 g/mol. The van der Waals surface area contributed by atoms with Crippen molar-refractivity contribution in [1.29, 1.82) is 0 Å². The molecule has 0 unspecified atom stereocenters. The summed E-state index contributed by atoms with van der Waals surface area (Å²) >= 11 is 0. The fraction of sp³-hybridized carbons (Fsp3) is 0.520. The number of carbonyl (C=O) groups excluding carboxylic acids is 2. The number of hydrogen-bond acceptors (Lipinski definition) is 5. The van der Waals surface area contributed by atoms with E-state index in [-0.39, 0.29) is 17.7 Å². The van der Waals surface area contributed by atoms with Gasteiger partial charge in [0.05, 0.1) is 6.10 Å². The highest BCUT2D eigenvalue weighted by Gasteiger charge is 2.64. The molecule has 6 nitrogen and oxygen atoms in total. The highest BCUT2D eigenvalue weighted by Crippen LogP contribution is 2.50. The zero-order valence-corrected chi connectivity index (χ0v) is 18.4. The lowest BCUT2D eigenvalue weighted by atomic mass is 9.60. The second kappa shape index (κ2) is 9.07. The molecule has 0 aromatic heterocycles. The van der Waals surface area contributed by atoms with Crippen LogP contribution in [-0.2, 0) is 16.0 Å². The zero-order chi connectivity index (χ0) is 22.9. The molecular formula is C25H33NO5. The summed E-state index contributed by atoms with van der Waals surface area (Å²) in [4.78, 5) is 24.9. The van der Waals surface area contributed by atoms with E-state index in [4.69, 9.17) is 0 Å². The van der Waals surface area contributed by atoms with Crippen LogP contribution in [0.15, 0.2) is 54.6 Å². The molecule has 8 atom stereocenters.